The summed E-state index contributed by atoms with van der Waals surface area (Å²) in [5.41, 5.74) is 2.22. The average Bonchev–Trinajstić information content (AvgIpc) is 3.48. The molecule has 0 aromatic carbocycles. The molecule has 0 radical (unpaired) electrons. The minimum Gasteiger partial charge on any atom is -0.356 e. The van der Waals surface area contributed by atoms with Crippen LogP contribution in [-0.4, -0.2) is 83.5 Å². The van der Waals surface area contributed by atoms with E-state index in [1.54, 1.807) is 18.7 Å². The van der Waals surface area contributed by atoms with Crippen molar-refractivity contribution in [2.24, 2.45) is 0 Å². The van der Waals surface area contributed by atoms with Crippen LogP contribution in [0.4, 0.5) is 5.82 Å². The Kier molecular flexibility index (Phi) is 6.40. The molecule has 2 aliphatic rings. The molecule has 0 saturated carbocycles. The smallest absolute Gasteiger partial charge is 0.245 e. The maximum Gasteiger partial charge on any atom is 0.245 e. The second-order valence-electron chi connectivity index (χ2n) is 9.19. The molecule has 10 heteroatoms. The number of fused-ring (bicyclic) bond motifs is 2. The number of nitrogens with one attached hydrogen (secondary N) is 1. The number of nitrogens with zero attached hydrogens (tertiary/aromatic N) is 8. The molecule has 1 N–H and O–H groups in total. The maximum absolute atomic E-state index is 13.6. The summed E-state index contributed by atoms with van der Waals surface area (Å²) >= 11 is 0. The summed E-state index contributed by atoms with van der Waals surface area (Å²) in [6.45, 7) is 10.5. The number of amides is 1. The molecule has 180 valence electrons. The number of anilines is 1. The Hall–Kier alpha value is -3.14. The molecule has 2 aliphatic heterocycles. The number of hydrogen-bond acceptors (Lipinski definition) is 8. The molecule has 5 heterocycles. The van der Waals surface area contributed by atoms with Gasteiger partial charge in [0.05, 0.1) is 5.56 Å². The molecule has 0 bridgehead atoms. The van der Waals surface area contributed by atoms with Crippen molar-refractivity contribution in [1.29, 1.82) is 0 Å². The molecule has 3 aromatic rings. The fourth-order valence-corrected chi connectivity index (χ4v) is 5.19. The number of aryl methyl sites for hydroxylation is 2. The molecular weight excluding hydrogens is 430 g/mol. The third kappa shape index (κ3) is 4.22. The predicted octanol–water partition coefficient (Wildman–Crippen LogP) is 2.50. The van der Waals surface area contributed by atoms with Gasteiger partial charge in [-0.2, -0.15) is 0 Å². The second-order valence-corrected chi connectivity index (χ2v) is 9.19. The molecule has 5 rings (SSSR count). The van der Waals surface area contributed by atoms with Crippen molar-refractivity contribution in [3.8, 4) is 11.4 Å². The normalized spacial score (nSPS) is 19.4. The molecule has 34 heavy (non-hydrogen) atoms. The van der Waals surface area contributed by atoms with Crippen molar-refractivity contribution in [2.75, 3.05) is 31.5 Å². The van der Waals surface area contributed by atoms with Crippen molar-refractivity contribution in [3.63, 3.8) is 0 Å². The zero-order valence-corrected chi connectivity index (χ0v) is 20.2. The summed E-state index contributed by atoms with van der Waals surface area (Å²) in [4.78, 5) is 40.7. The summed E-state index contributed by atoms with van der Waals surface area (Å²) in [6, 6.07) is 0.166. The molecular formula is C24H33N9O. The zero-order valence-electron chi connectivity index (χ0n) is 20.2. The lowest BCUT2D eigenvalue weighted by molar-refractivity contribution is -0.134. The van der Waals surface area contributed by atoms with Crippen LogP contribution >= 0.6 is 0 Å². The number of carbonyl (C=O) groups is 1. The summed E-state index contributed by atoms with van der Waals surface area (Å²) in [7, 11) is 0. The van der Waals surface area contributed by atoms with Crippen LogP contribution in [0.3, 0.4) is 0 Å². The largest absolute Gasteiger partial charge is 0.356 e. The topological polar surface area (TPSA) is 105 Å². The highest BCUT2D eigenvalue weighted by molar-refractivity contribution is 5.90. The first kappa shape index (κ1) is 22.6. The molecule has 3 aromatic heterocycles. The van der Waals surface area contributed by atoms with Crippen molar-refractivity contribution < 1.29 is 4.79 Å². The van der Waals surface area contributed by atoms with Crippen LogP contribution in [-0.2, 0) is 11.3 Å². The standard InChI is InChI=1S/C24H33N9O/c1-4-7-19(24(34)32-11-10-31-9-6-8-18(31)14-32)29-21-20-23(28-15-27-21)33(5-2)22(30-20)17-12-25-16(3)26-13-17/h12-13,15,18-19H,4-11,14H2,1-3H3,(H,27,28,29)/t18?,19-/m0/s1. The minimum absolute atomic E-state index is 0.155. The first-order valence-electron chi connectivity index (χ1n) is 12.4. The lowest BCUT2D eigenvalue weighted by Gasteiger charge is -2.39. The number of carbonyl (C=O) groups excluding carboxylic acids is 1. The molecule has 1 unspecified atom stereocenters. The van der Waals surface area contributed by atoms with Crippen molar-refractivity contribution in [2.45, 2.75) is 65.1 Å². The Labute approximate surface area is 199 Å². The fourth-order valence-electron chi connectivity index (χ4n) is 5.19. The Morgan fingerprint density at radius 2 is 1.97 bits per heavy atom. The first-order valence-corrected chi connectivity index (χ1v) is 12.4. The second kappa shape index (κ2) is 9.61. The van der Waals surface area contributed by atoms with E-state index in [9.17, 15) is 4.79 Å². The fraction of sp³-hybridized carbons (Fsp3) is 0.583. The van der Waals surface area contributed by atoms with Gasteiger partial charge in [-0.15, -0.1) is 0 Å². The summed E-state index contributed by atoms with van der Waals surface area (Å²) in [5.74, 6) is 2.21. The van der Waals surface area contributed by atoms with Crippen molar-refractivity contribution in [3.05, 3.63) is 24.5 Å². The van der Waals surface area contributed by atoms with E-state index in [0.29, 0.717) is 29.7 Å². The molecule has 0 aliphatic carbocycles. The Morgan fingerprint density at radius 1 is 1.15 bits per heavy atom. The van der Waals surface area contributed by atoms with Gasteiger partial charge < -0.3 is 14.8 Å². The highest BCUT2D eigenvalue weighted by Crippen LogP contribution is 2.28. The van der Waals surface area contributed by atoms with Gasteiger partial charge >= 0.3 is 0 Å². The molecule has 2 saturated heterocycles. The molecule has 2 atom stereocenters. The summed E-state index contributed by atoms with van der Waals surface area (Å²) < 4.78 is 2.03. The monoisotopic (exact) mass is 463 g/mol. The quantitative estimate of drug-likeness (QED) is 0.570. The van der Waals surface area contributed by atoms with Crippen LogP contribution < -0.4 is 5.32 Å². The lowest BCUT2D eigenvalue weighted by atomic mass is 10.1. The van der Waals surface area contributed by atoms with Crippen LogP contribution in [0.15, 0.2) is 18.7 Å². The van der Waals surface area contributed by atoms with Crippen LogP contribution in [0.2, 0.25) is 0 Å². The zero-order chi connectivity index (χ0) is 23.7. The molecule has 10 nitrogen and oxygen atoms in total. The van der Waals surface area contributed by atoms with Gasteiger partial charge in [0.15, 0.2) is 17.0 Å². The Bertz CT molecular complexity index is 1160. The van der Waals surface area contributed by atoms with E-state index >= 15 is 0 Å². The molecule has 1 amide bonds. The number of rotatable bonds is 7. The third-order valence-corrected chi connectivity index (χ3v) is 6.97. The highest BCUT2D eigenvalue weighted by atomic mass is 16.2. The van der Waals surface area contributed by atoms with E-state index in [0.717, 1.165) is 56.1 Å². The Balaban J connectivity index is 1.44. The minimum atomic E-state index is -0.339. The van der Waals surface area contributed by atoms with Gasteiger partial charge in [0.1, 0.15) is 24.0 Å². The van der Waals surface area contributed by atoms with E-state index in [1.165, 1.54) is 12.8 Å². The van der Waals surface area contributed by atoms with Crippen LogP contribution in [0.5, 0.6) is 0 Å². The number of hydrogen-bond donors (Lipinski definition) is 1. The van der Waals surface area contributed by atoms with Gasteiger partial charge in [0, 0.05) is 44.6 Å². The number of imidazole rings is 1. The van der Waals surface area contributed by atoms with Gasteiger partial charge in [-0.25, -0.2) is 24.9 Å². The maximum atomic E-state index is 13.6. The van der Waals surface area contributed by atoms with Gasteiger partial charge in [0.2, 0.25) is 5.91 Å². The van der Waals surface area contributed by atoms with Gasteiger partial charge in [-0.3, -0.25) is 9.69 Å². The molecule has 2 fully saturated rings. The van der Waals surface area contributed by atoms with Crippen molar-refractivity contribution >= 4 is 22.9 Å². The summed E-state index contributed by atoms with van der Waals surface area (Å²) in [6.07, 6.45) is 9.15. The van der Waals surface area contributed by atoms with E-state index in [-0.39, 0.29) is 11.9 Å². The SMILES string of the molecule is CCC[C@H](Nc1ncnc2c1nc(-c1cnc(C)nc1)n2CC)C(=O)N1CCN2CCCC2C1. The number of aromatic nitrogens is 6. The Morgan fingerprint density at radius 3 is 2.74 bits per heavy atom. The van der Waals surface area contributed by atoms with E-state index in [1.807, 2.05) is 16.4 Å². The van der Waals surface area contributed by atoms with Crippen molar-refractivity contribution in [1.82, 2.24) is 39.3 Å². The van der Waals surface area contributed by atoms with E-state index in [2.05, 4.69) is 44.0 Å². The predicted molar refractivity (Wildman–Crippen MR) is 130 cm³/mol. The van der Waals surface area contributed by atoms with E-state index in [4.69, 9.17) is 4.98 Å². The van der Waals surface area contributed by atoms with Gasteiger partial charge in [-0.1, -0.05) is 13.3 Å². The average molecular weight is 464 g/mol. The summed E-state index contributed by atoms with van der Waals surface area (Å²) in [5, 5.41) is 3.44. The first-order chi connectivity index (χ1) is 16.6. The van der Waals surface area contributed by atoms with Gasteiger partial charge in [-0.05, 0) is 39.7 Å². The third-order valence-electron chi connectivity index (χ3n) is 6.97. The van der Waals surface area contributed by atoms with E-state index < -0.39 is 0 Å². The van der Waals surface area contributed by atoms with Gasteiger partial charge in [0.25, 0.3) is 0 Å². The number of piperazine rings is 1. The van der Waals surface area contributed by atoms with Crippen LogP contribution in [0.25, 0.3) is 22.6 Å². The van der Waals surface area contributed by atoms with Crippen LogP contribution in [0.1, 0.15) is 45.4 Å². The van der Waals surface area contributed by atoms with Crippen LogP contribution in [0, 0.1) is 6.92 Å². The molecule has 0 spiro atoms. The highest BCUT2D eigenvalue weighted by Gasteiger charge is 2.35. The lowest BCUT2D eigenvalue weighted by Crippen LogP contribution is -2.55.